The molecule has 0 unspecified atom stereocenters. The van der Waals surface area contributed by atoms with E-state index in [9.17, 15) is 13.2 Å². The second-order valence-electron chi connectivity index (χ2n) is 4.70. The molecular weight excluding hydrogens is 329 g/mol. The number of aromatic nitrogens is 2. The summed E-state index contributed by atoms with van der Waals surface area (Å²) < 4.78 is 39.3. The van der Waals surface area contributed by atoms with E-state index in [2.05, 4.69) is 27.2 Å². The maximum Gasteiger partial charge on any atom is 0.418 e. The Morgan fingerprint density at radius 3 is 2.65 bits per heavy atom. The number of hydrogen-bond acceptors (Lipinski definition) is 4. The van der Waals surface area contributed by atoms with Gasteiger partial charge in [-0.2, -0.15) is 18.2 Å². The summed E-state index contributed by atoms with van der Waals surface area (Å²) in [6.45, 7) is 5.73. The third kappa shape index (κ3) is 4.59. The SMILES string of the molecule is C=CCNc1nc(C)cc(Nc2ccc(Cl)cc2C(F)(F)F)n1. The topological polar surface area (TPSA) is 49.8 Å². The number of anilines is 3. The maximum absolute atomic E-state index is 13.1. The van der Waals surface area contributed by atoms with E-state index >= 15 is 0 Å². The maximum atomic E-state index is 13.1. The Balaban J connectivity index is 2.36. The molecule has 2 rings (SSSR count). The summed E-state index contributed by atoms with van der Waals surface area (Å²) in [6.07, 6.45) is -2.90. The van der Waals surface area contributed by atoms with Gasteiger partial charge in [-0.1, -0.05) is 17.7 Å². The lowest BCUT2D eigenvalue weighted by molar-refractivity contribution is -0.136. The molecule has 122 valence electrons. The molecule has 2 aromatic rings. The summed E-state index contributed by atoms with van der Waals surface area (Å²) in [5, 5.41) is 5.57. The molecule has 4 nitrogen and oxygen atoms in total. The molecule has 0 aliphatic rings. The molecule has 1 aromatic heterocycles. The third-order valence-electron chi connectivity index (χ3n) is 2.81. The molecule has 0 spiro atoms. The Morgan fingerprint density at radius 2 is 2.00 bits per heavy atom. The molecule has 1 aromatic carbocycles. The van der Waals surface area contributed by atoms with E-state index in [0.29, 0.717) is 18.2 Å². The number of alkyl halides is 3. The van der Waals surface area contributed by atoms with Crippen LogP contribution in [0.2, 0.25) is 5.02 Å². The van der Waals surface area contributed by atoms with Crippen LogP contribution in [-0.2, 0) is 6.18 Å². The summed E-state index contributed by atoms with van der Waals surface area (Å²) >= 11 is 5.66. The van der Waals surface area contributed by atoms with Gasteiger partial charge in [-0.3, -0.25) is 0 Å². The van der Waals surface area contributed by atoms with Crippen LogP contribution in [0.3, 0.4) is 0 Å². The minimum atomic E-state index is -4.53. The van der Waals surface area contributed by atoms with Crippen LogP contribution in [0.1, 0.15) is 11.3 Å². The van der Waals surface area contributed by atoms with Gasteiger partial charge < -0.3 is 10.6 Å². The summed E-state index contributed by atoms with van der Waals surface area (Å²) in [5.74, 6) is 0.548. The molecule has 0 saturated carbocycles. The van der Waals surface area contributed by atoms with Gasteiger partial charge in [-0.05, 0) is 25.1 Å². The first kappa shape index (κ1) is 17.1. The molecule has 0 fully saturated rings. The van der Waals surface area contributed by atoms with Crippen LogP contribution in [0, 0.1) is 6.92 Å². The van der Waals surface area contributed by atoms with Crippen LogP contribution < -0.4 is 10.6 Å². The molecular formula is C15H14ClF3N4. The lowest BCUT2D eigenvalue weighted by Gasteiger charge is -2.15. The van der Waals surface area contributed by atoms with Gasteiger partial charge in [-0.25, -0.2) is 4.98 Å². The standard InChI is InChI=1S/C15H14ClF3N4/c1-3-6-20-14-21-9(2)7-13(23-14)22-12-5-4-10(16)8-11(12)15(17,18)19/h3-5,7-8H,1,6H2,2H3,(H2,20,21,22,23). The number of aryl methyl sites for hydroxylation is 1. The van der Waals surface area contributed by atoms with Crippen LogP contribution in [0.5, 0.6) is 0 Å². The van der Waals surface area contributed by atoms with E-state index in [4.69, 9.17) is 11.6 Å². The molecule has 0 radical (unpaired) electrons. The zero-order chi connectivity index (χ0) is 17.0. The molecule has 0 atom stereocenters. The fraction of sp³-hybridized carbons (Fsp3) is 0.200. The number of rotatable bonds is 5. The van der Waals surface area contributed by atoms with Gasteiger partial charge in [0.05, 0.1) is 11.3 Å². The van der Waals surface area contributed by atoms with Crippen LogP contribution in [0.25, 0.3) is 0 Å². The van der Waals surface area contributed by atoms with Crippen molar-refractivity contribution in [1.82, 2.24) is 9.97 Å². The highest BCUT2D eigenvalue weighted by Gasteiger charge is 2.34. The zero-order valence-electron chi connectivity index (χ0n) is 12.2. The van der Waals surface area contributed by atoms with E-state index in [-0.39, 0.29) is 16.5 Å². The molecule has 0 aliphatic carbocycles. The lowest BCUT2D eigenvalue weighted by Crippen LogP contribution is -2.10. The number of benzene rings is 1. The molecule has 0 bridgehead atoms. The van der Waals surface area contributed by atoms with Crippen molar-refractivity contribution in [2.24, 2.45) is 0 Å². The van der Waals surface area contributed by atoms with Crippen molar-refractivity contribution in [2.75, 3.05) is 17.2 Å². The van der Waals surface area contributed by atoms with Crippen LogP contribution in [0.4, 0.5) is 30.6 Å². The molecule has 8 heteroatoms. The quantitative estimate of drug-likeness (QED) is 0.766. The fourth-order valence-electron chi connectivity index (χ4n) is 1.87. The van der Waals surface area contributed by atoms with E-state index < -0.39 is 11.7 Å². The second kappa shape index (κ2) is 6.87. The Labute approximate surface area is 136 Å². The summed E-state index contributed by atoms with van der Waals surface area (Å²) in [6, 6.07) is 5.06. The van der Waals surface area contributed by atoms with Gasteiger partial charge in [0, 0.05) is 23.3 Å². The van der Waals surface area contributed by atoms with Crippen molar-refractivity contribution in [2.45, 2.75) is 13.1 Å². The molecule has 2 N–H and O–H groups in total. The van der Waals surface area contributed by atoms with Crippen LogP contribution in [0.15, 0.2) is 36.9 Å². The van der Waals surface area contributed by atoms with Crippen molar-refractivity contribution >= 4 is 29.1 Å². The normalized spacial score (nSPS) is 11.2. The average Bonchev–Trinajstić information content (AvgIpc) is 2.45. The smallest absolute Gasteiger partial charge is 0.351 e. The lowest BCUT2D eigenvalue weighted by atomic mass is 10.1. The second-order valence-corrected chi connectivity index (χ2v) is 5.14. The van der Waals surface area contributed by atoms with Crippen molar-refractivity contribution < 1.29 is 13.2 Å². The van der Waals surface area contributed by atoms with Crippen molar-refractivity contribution in [1.29, 1.82) is 0 Å². The van der Waals surface area contributed by atoms with Gasteiger partial charge in [0.15, 0.2) is 0 Å². The molecule has 0 saturated heterocycles. The third-order valence-corrected chi connectivity index (χ3v) is 3.04. The van der Waals surface area contributed by atoms with Crippen molar-refractivity contribution in [3.05, 3.63) is 53.2 Å². The van der Waals surface area contributed by atoms with Gasteiger partial charge in [-0.15, -0.1) is 6.58 Å². The number of nitrogens with zero attached hydrogens (tertiary/aromatic N) is 2. The molecule has 1 heterocycles. The van der Waals surface area contributed by atoms with Crippen LogP contribution >= 0.6 is 11.6 Å². The van der Waals surface area contributed by atoms with E-state index in [1.807, 2.05) is 0 Å². The minimum Gasteiger partial charge on any atom is -0.351 e. The Hall–Kier alpha value is -2.28. The zero-order valence-corrected chi connectivity index (χ0v) is 13.0. The predicted octanol–water partition coefficient (Wildman–Crippen LogP) is 4.80. The fourth-order valence-corrected chi connectivity index (χ4v) is 2.05. The van der Waals surface area contributed by atoms with Gasteiger partial charge >= 0.3 is 6.18 Å². The first-order chi connectivity index (χ1) is 10.8. The largest absolute Gasteiger partial charge is 0.418 e. The number of hydrogen-bond donors (Lipinski definition) is 2. The van der Waals surface area contributed by atoms with Gasteiger partial charge in [0.25, 0.3) is 0 Å². The molecule has 0 aliphatic heterocycles. The minimum absolute atomic E-state index is 0.00933. The monoisotopic (exact) mass is 342 g/mol. The van der Waals surface area contributed by atoms with Crippen LogP contribution in [-0.4, -0.2) is 16.5 Å². The Kier molecular flexibility index (Phi) is 5.10. The highest BCUT2D eigenvalue weighted by atomic mass is 35.5. The number of nitrogens with one attached hydrogen (secondary N) is 2. The van der Waals surface area contributed by atoms with E-state index in [0.717, 1.165) is 6.07 Å². The first-order valence-electron chi connectivity index (χ1n) is 6.64. The highest BCUT2D eigenvalue weighted by Crippen LogP contribution is 2.37. The predicted molar refractivity (Wildman–Crippen MR) is 85.2 cm³/mol. The number of halogens is 4. The van der Waals surface area contributed by atoms with E-state index in [1.54, 1.807) is 19.1 Å². The summed E-state index contributed by atoms with van der Waals surface area (Å²) in [7, 11) is 0. The molecule has 23 heavy (non-hydrogen) atoms. The highest BCUT2D eigenvalue weighted by molar-refractivity contribution is 6.30. The average molecular weight is 343 g/mol. The Morgan fingerprint density at radius 1 is 1.26 bits per heavy atom. The summed E-state index contributed by atoms with van der Waals surface area (Å²) in [4.78, 5) is 8.28. The van der Waals surface area contributed by atoms with Crippen molar-refractivity contribution in [3.63, 3.8) is 0 Å². The summed E-state index contributed by atoms with van der Waals surface area (Å²) in [5.41, 5.74) is -0.381. The van der Waals surface area contributed by atoms with Crippen molar-refractivity contribution in [3.8, 4) is 0 Å². The Bertz CT molecular complexity index is 716. The van der Waals surface area contributed by atoms with Gasteiger partial charge in [0.2, 0.25) is 5.95 Å². The molecule has 0 amide bonds. The van der Waals surface area contributed by atoms with Gasteiger partial charge in [0.1, 0.15) is 5.82 Å². The van der Waals surface area contributed by atoms with E-state index in [1.165, 1.54) is 12.1 Å². The first-order valence-corrected chi connectivity index (χ1v) is 7.01.